The number of hydrogen-bond donors (Lipinski definition) is 2. The second-order valence-corrected chi connectivity index (χ2v) is 5.45. The van der Waals surface area contributed by atoms with Crippen LogP contribution in [0.1, 0.15) is 37.2 Å². The molecule has 0 aromatic heterocycles. The van der Waals surface area contributed by atoms with E-state index in [9.17, 15) is 9.59 Å². The summed E-state index contributed by atoms with van der Waals surface area (Å²) in [6.07, 6.45) is 3.21. The average molecular weight is 258 g/mol. The zero-order valence-corrected chi connectivity index (χ0v) is 10.8. The Bertz CT molecular complexity index is 480. The number of nitrogens with one attached hydrogen (secondary N) is 2. The van der Waals surface area contributed by atoms with E-state index in [1.165, 1.54) is 5.56 Å². The monoisotopic (exact) mass is 258 g/mol. The van der Waals surface area contributed by atoms with Crippen molar-refractivity contribution in [1.29, 1.82) is 0 Å². The summed E-state index contributed by atoms with van der Waals surface area (Å²) in [5.41, 5.74) is 1.38. The lowest BCUT2D eigenvalue weighted by atomic mass is 9.75. The maximum Gasteiger partial charge on any atom is 0.243 e. The zero-order valence-electron chi connectivity index (χ0n) is 10.8. The average Bonchev–Trinajstić information content (AvgIpc) is 2.36. The Balaban J connectivity index is 1.49. The van der Waals surface area contributed by atoms with Crippen molar-refractivity contribution in [2.75, 3.05) is 0 Å². The molecule has 100 valence electrons. The van der Waals surface area contributed by atoms with Gasteiger partial charge in [0.2, 0.25) is 11.8 Å². The molecule has 0 bridgehead atoms. The maximum absolute atomic E-state index is 11.6. The first kappa shape index (κ1) is 12.4. The van der Waals surface area contributed by atoms with Gasteiger partial charge < -0.3 is 5.32 Å². The lowest BCUT2D eigenvalue weighted by Crippen LogP contribution is -2.55. The Morgan fingerprint density at radius 3 is 2.53 bits per heavy atom. The standard InChI is InChI=1S/C15H18N2O2/c18-14-7-6-13(15(19)17-14)16-12-8-11(9-12)10-4-2-1-3-5-10/h1-5,11-13,16H,6-9H2,(H,17,18,19). The number of imide groups is 1. The van der Waals surface area contributed by atoms with Gasteiger partial charge in [-0.2, -0.15) is 0 Å². The molecule has 0 spiro atoms. The fraction of sp³-hybridized carbons (Fsp3) is 0.467. The highest BCUT2D eigenvalue weighted by Crippen LogP contribution is 2.37. The molecule has 1 aromatic rings. The van der Waals surface area contributed by atoms with Crippen molar-refractivity contribution in [3.05, 3.63) is 35.9 Å². The van der Waals surface area contributed by atoms with Gasteiger partial charge in [-0.05, 0) is 30.7 Å². The van der Waals surface area contributed by atoms with Crippen LogP contribution in [-0.2, 0) is 9.59 Å². The first-order chi connectivity index (χ1) is 9.22. The van der Waals surface area contributed by atoms with E-state index < -0.39 is 0 Å². The molecule has 4 nitrogen and oxygen atoms in total. The Morgan fingerprint density at radius 1 is 1.11 bits per heavy atom. The van der Waals surface area contributed by atoms with Gasteiger partial charge in [-0.15, -0.1) is 0 Å². The second-order valence-electron chi connectivity index (χ2n) is 5.45. The number of rotatable bonds is 3. The summed E-state index contributed by atoms with van der Waals surface area (Å²) < 4.78 is 0. The smallest absolute Gasteiger partial charge is 0.243 e. The number of hydrogen-bond acceptors (Lipinski definition) is 3. The molecule has 19 heavy (non-hydrogen) atoms. The van der Waals surface area contributed by atoms with Crippen LogP contribution in [0, 0.1) is 0 Å². The summed E-state index contributed by atoms with van der Waals surface area (Å²) in [7, 11) is 0. The molecule has 2 aliphatic rings. The number of carbonyl (C=O) groups is 2. The van der Waals surface area contributed by atoms with Crippen LogP contribution in [0.3, 0.4) is 0 Å². The zero-order chi connectivity index (χ0) is 13.2. The minimum absolute atomic E-state index is 0.154. The van der Waals surface area contributed by atoms with Crippen LogP contribution in [0.4, 0.5) is 0 Å². The molecule has 4 heteroatoms. The second kappa shape index (κ2) is 5.13. The van der Waals surface area contributed by atoms with E-state index in [0.717, 1.165) is 12.8 Å². The molecule has 1 atom stereocenters. The van der Waals surface area contributed by atoms with Crippen LogP contribution in [0.2, 0.25) is 0 Å². The highest BCUT2D eigenvalue weighted by Gasteiger charge is 2.35. The third kappa shape index (κ3) is 2.68. The third-order valence-corrected chi connectivity index (χ3v) is 4.09. The van der Waals surface area contributed by atoms with Crippen LogP contribution >= 0.6 is 0 Å². The molecule has 1 saturated carbocycles. The van der Waals surface area contributed by atoms with E-state index in [2.05, 4.69) is 34.9 Å². The minimum Gasteiger partial charge on any atom is -0.303 e. The highest BCUT2D eigenvalue weighted by atomic mass is 16.2. The molecule has 3 rings (SSSR count). The fourth-order valence-electron chi connectivity index (χ4n) is 2.89. The van der Waals surface area contributed by atoms with Gasteiger partial charge in [-0.3, -0.25) is 14.9 Å². The van der Waals surface area contributed by atoms with Gasteiger partial charge in [0.1, 0.15) is 0 Å². The summed E-state index contributed by atoms with van der Waals surface area (Å²) in [4.78, 5) is 22.7. The Labute approximate surface area is 112 Å². The summed E-state index contributed by atoms with van der Waals surface area (Å²) in [6, 6.07) is 10.7. The maximum atomic E-state index is 11.6. The summed E-state index contributed by atoms with van der Waals surface area (Å²) >= 11 is 0. The molecule has 1 heterocycles. The topological polar surface area (TPSA) is 58.2 Å². The van der Waals surface area contributed by atoms with E-state index in [1.807, 2.05) is 6.07 Å². The number of benzene rings is 1. The normalized spacial score (nSPS) is 30.6. The molecule has 0 radical (unpaired) electrons. The van der Waals surface area contributed by atoms with Gasteiger partial charge in [-0.25, -0.2) is 0 Å². The molecule has 2 amide bonds. The van der Waals surface area contributed by atoms with Crippen LogP contribution in [-0.4, -0.2) is 23.9 Å². The van der Waals surface area contributed by atoms with Crippen molar-refractivity contribution in [2.24, 2.45) is 0 Å². The molecule has 1 saturated heterocycles. The summed E-state index contributed by atoms with van der Waals surface area (Å²) in [5, 5.41) is 5.75. The molecule has 1 aliphatic heterocycles. The third-order valence-electron chi connectivity index (χ3n) is 4.09. The molecular weight excluding hydrogens is 240 g/mol. The first-order valence-electron chi connectivity index (χ1n) is 6.87. The molecule has 2 fully saturated rings. The van der Waals surface area contributed by atoms with E-state index in [0.29, 0.717) is 24.8 Å². The molecule has 2 N–H and O–H groups in total. The molecule has 1 unspecified atom stereocenters. The summed E-state index contributed by atoms with van der Waals surface area (Å²) in [5.74, 6) is 0.283. The SMILES string of the molecule is O=C1CCC(NC2CC(c3ccccc3)C2)C(=O)N1. The Hall–Kier alpha value is -1.68. The fourth-order valence-corrected chi connectivity index (χ4v) is 2.89. The van der Waals surface area contributed by atoms with Gasteiger partial charge >= 0.3 is 0 Å². The summed E-state index contributed by atoms with van der Waals surface area (Å²) in [6.45, 7) is 0. The first-order valence-corrected chi connectivity index (χ1v) is 6.87. The quantitative estimate of drug-likeness (QED) is 0.804. The van der Waals surface area contributed by atoms with Gasteiger partial charge in [0.25, 0.3) is 0 Å². The van der Waals surface area contributed by atoms with Crippen molar-refractivity contribution in [1.82, 2.24) is 10.6 Å². The van der Waals surface area contributed by atoms with Crippen molar-refractivity contribution >= 4 is 11.8 Å². The molecular formula is C15H18N2O2. The van der Waals surface area contributed by atoms with E-state index in [-0.39, 0.29) is 17.9 Å². The van der Waals surface area contributed by atoms with Crippen molar-refractivity contribution in [2.45, 2.75) is 43.7 Å². The van der Waals surface area contributed by atoms with Crippen molar-refractivity contribution in [3.63, 3.8) is 0 Å². The Morgan fingerprint density at radius 2 is 1.84 bits per heavy atom. The van der Waals surface area contributed by atoms with Crippen LogP contribution in [0.15, 0.2) is 30.3 Å². The van der Waals surface area contributed by atoms with Crippen LogP contribution < -0.4 is 10.6 Å². The van der Waals surface area contributed by atoms with Gasteiger partial charge in [0.15, 0.2) is 0 Å². The molecule has 1 aliphatic carbocycles. The predicted octanol–water partition coefficient (Wildman–Crippen LogP) is 1.33. The van der Waals surface area contributed by atoms with Crippen molar-refractivity contribution < 1.29 is 9.59 Å². The predicted molar refractivity (Wildman–Crippen MR) is 71.5 cm³/mol. The van der Waals surface area contributed by atoms with Crippen LogP contribution in [0.25, 0.3) is 0 Å². The van der Waals surface area contributed by atoms with Crippen molar-refractivity contribution in [3.8, 4) is 0 Å². The lowest BCUT2D eigenvalue weighted by molar-refractivity contribution is -0.135. The van der Waals surface area contributed by atoms with Crippen LogP contribution in [0.5, 0.6) is 0 Å². The minimum atomic E-state index is -0.195. The number of amides is 2. The van der Waals surface area contributed by atoms with Gasteiger partial charge in [-0.1, -0.05) is 30.3 Å². The lowest BCUT2D eigenvalue weighted by Gasteiger charge is -2.39. The van der Waals surface area contributed by atoms with Gasteiger partial charge in [0.05, 0.1) is 6.04 Å². The Kier molecular flexibility index (Phi) is 3.34. The van der Waals surface area contributed by atoms with E-state index in [1.54, 1.807) is 0 Å². The molecule has 1 aromatic carbocycles. The number of piperidine rings is 1. The highest BCUT2D eigenvalue weighted by molar-refractivity contribution is 6.00. The largest absolute Gasteiger partial charge is 0.303 e. The van der Waals surface area contributed by atoms with E-state index >= 15 is 0 Å². The van der Waals surface area contributed by atoms with Gasteiger partial charge in [0, 0.05) is 12.5 Å². The van der Waals surface area contributed by atoms with E-state index in [4.69, 9.17) is 0 Å². The number of carbonyl (C=O) groups excluding carboxylic acids is 2.